The van der Waals surface area contributed by atoms with E-state index in [2.05, 4.69) is 33.1 Å². The van der Waals surface area contributed by atoms with Gasteiger partial charge in [0, 0.05) is 18.1 Å². The minimum absolute atomic E-state index is 0.155. The molecule has 0 spiro atoms. The number of hydrogen-bond donors (Lipinski definition) is 1. The molecule has 30 heavy (non-hydrogen) atoms. The highest BCUT2D eigenvalue weighted by molar-refractivity contribution is 14.1. The van der Waals surface area contributed by atoms with Gasteiger partial charge in [-0.3, -0.25) is 9.69 Å². The Morgan fingerprint density at radius 1 is 1.30 bits per heavy atom. The average molecular weight is 544 g/mol. The Morgan fingerprint density at radius 2 is 2.03 bits per heavy atom. The van der Waals surface area contributed by atoms with E-state index in [4.69, 9.17) is 25.8 Å². The highest BCUT2D eigenvalue weighted by Gasteiger charge is 2.14. The van der Waals surface area contributed by atoms with Gasteiger partial charge < -0.3 is 14.2 Å². The lowest BCUT2D eigenvalue weighted by Gasteiger charge is -2.25. The van der Waals surface area contributed by atoms with E-state index in [1.54, 1.807) is 13.3 Å². The van der Waals surface area contributed by atoms with E-state index in [1.165, 1.54) is 0 Å². The second-order valence-corrected chi connectivity index (χ2v) is 8.23. The minimum Gasteiger partial charge on any atom is -0.493 e. The summed E-state index contributed by atoms with van der Waals surface area (Å²) in [7, 11) is 1.59. The number of morpholine rings is 1. The van der Waals surface area contributed by atoms with Crippen molar-refractivity contribution in [3.63, 3.8) is 0 Å². The molecule has 7 nitrogen and oxygen atoms in total. The maximum absolute atomic E-state index is 12.0. The summed E-state index contributed by atoms with van der Waals surface area (Å²) in [5.41, 5.74) is 4.36. The molecule has 0 unspecified atom stereocenters. The Bertz CT molecular complexity index is 887. The largest absolute Gasteiger partial charge is 0.493 e. The fourth-order valence-corrected chi connectivity index (χ4v) is 3.77. The van der Waals surface area contributed by atoms with Crippen LogP contribution in [0.5, 0.6) is 11.5 Å². The zero-order valence-electron chi connectivity index (χ0n) is 16.6. The van der Waals surface area contributed by atoms with Gasteiger partial charge in [0.05, 0.1) is 36.7 Å². The smallest absolute Gasteiger partial charge is 0.254 e. The number of methoxy groups -OCH3 is 1. The number of amides is 1. The van der Waals surface area contributed by atoms with Gasteiger partial charge in [0.1, 0.15) is 6.61 Å². The number of hydrazone groups is 1. The number of rotatable bonds is 8. The van der Waals surface area contributed by atoms with Crippen LogP contribution in [0.3, 0.4) is 0 Å². The van der Waals surface area contributed by atoms with E-state index in [0.717, 1.165) is 27.8 Å². The van der Waals surface area contributed by atoms with Crippen LogP contribution in [-0.4, -0.2) is 57.0 Å². The maximum atomic E-state index is 12.0. The predicted octanol–water partition coefficient (Wildman–Crippen LogP) is 3.31. The number of nitrogens with zero attached hydrogens (tertiary/aromatic N) is 2. The Kier molecular flexibility index (Phi) is 8.74. The lowest BCUT2D eigenvalue weighted by atomic mass is 10.2. The zero-order chi connectivity index (χ0) is 21.3. The average Bonchev–Trinajstić information content (AvgIpc) is 2.74. The summed E-state index contributed by atoms with van der Waals surface area (Å²) >= 11 is 8.11. The van der Waals surface area contributed by atoms with Crippen molar-refractivity contribution < 1.29 is 19.0 Å². The fraction of sp³-hybridized carbons (Fsp3) is 0.333. The molecule has 0 atom stereocenters. The molecule has 2 aromatic rings. The molecule has 1 fully saturated rings. The SMILES string of the molecule is COc1cc(/C=N\NC(=O)CN2CCOCC2)cc(I)c1OCc1ccc(Cl)cc1. The molecule has 1 N–H and O–H groups in total. The normalized spacial score (nSPS) is 14.6. The van der Waals surface area contributed by atoms with Gasteiger partial charge in [-0.1, -0.05) is 23.7 Å². The number of hydrogen-bond acceptors (Lipinski definition) is 6. The minimum atomic E-state index is -0.155. The number of halogens is 2. The van der Waals surface area contributed by atoms with Crippen LogP contribution in [0.15, 0.2) is 41.5 Å². The third-order valence-electron chi connectivity index (χ3n) is 4.42. The zero-order valence-corrected chi connectivity index (χ0v) is 19.5. The number of carbonyl (C=O) groups excluding carboxylic acids is 1. The molecule has 1 amide bonds. The Morgan fingerprint density at radius 3 is 2.73 bits per heavy atom. The summed E-state index contributed by atoms with van der Waals surface area (Å²) in [6.07, 6.45) is 1.59. The van der Waals surface area contributed by atoms with Crippen LogP contribution in [0.4, 0.5) is 0 Å². The second-order valence-electron chi connectivity index (χ2n) is 6.63. The molecular weight excluding hydrogens is 521 g/mol. The van der Waals surface area contributed by atoms with Gasteiger partial charge >= 0.3 is 0 Å². The van der Waals surface area contributed by atoms with Crippen molar-refractivity contribution in [1.29, 1.82) is 0 Å². The lowest BCUT2D eigenvalue weighted by molar-refractivity contribution is -0.123. The molecule has 0 bridgehead atoms. The van der Waals surface area contributed by atoms with Crippen molar-refractivity contribution in [2.24, 2.45) is 5.10 Å². The second kappa shape index (κ2) is 11.5. The van der Waals surface area contributed by atoms with Crippen LogP contribution in [0.1, 0.15) is 11.1 Å². The highest BCUT2D eigenvalue weighted by Crippen LogP contribution is 2.34. The first-order valence-corrected chi connectivity index (χ1v) is 10.9. The molecule has 1 aliphatic heterocycles. The van der Waals surface area contributed by atoms with Crippen molar-refractivity contribution in [1.82, 2.24) is 10.3 Å². The molecule has 1 saturated heterocycles. The van der Waals surface area contributed by atoms with Crippen LogP contribution in [-0.2, 0) is 16.1 Å². The molecule has 0 radical (unpaired) electrons. The van der Waals surface area contributed by atoms with Crippen molar-refractivity contribution >= 4 is 46.3 Å². The number of ether oxygens (including phenoxy) is 3. The number of carbonyl (C=O) groups is 1. The summed E-state index contributed by atoms with van der Waals surface area (Å²) in [6, 6.07) is 11.2. The quantitative estimate of drug-likeness (QED) is 0.314. The third kappa shape index (κ3) is 6.83. The highest BCUT2D eigenvalue weighted by atomic mass is 127. The van der Waals surface area contributed by atoms with Crippen LogP contribution in [0, 0.1) is 3.57 Å². The maximum Gasteiger partial charge on any atom is 0.254 e. The van der Waals surface area contributed by atoms with Crippen molar-refractivity contribution in [2.45, 2.75) is 6.61 Å². The molecule has 0 saturated carbocycles. The van der Waals surface area contributed by atoms with E-state index in [-0.39, 0.29) is 5.91 Å². The van der Waals surface area contributed by atoms with Crippen LogP contribution >= 0.6 is 34.2 Å². The number of benzene rings is 2. The molecule has 3 rings (SSSR count). The van der Waals surface area contributed by atoms with Crippen LogP contribution in [0.25, 0.3) is 0 Å². The van der Waals surface area contributed by atoms with Gasteiger partial charge in [-0.2, -0.15) is 5.10 Å². The summed E-state index contributed by atoms with van der Waals surface area (Å²) in [5.74, 6) is 1.09. The van der Waals surface area contributed by atoms with E-state index in [0.29, 0.717) is 42.9 Å². The van der Waals surface area contributed by atoms with Crippen LogP contribution in [0.2, 0.25) is 5.02 Å². The molecule has 1 aliphatic rings. The van der Waals surface area contributed by atoms with E-state index >= 15 is 0 Å². The van der Waals surface area contributed by atoms with E-state index < -0.39 is 0 Å². The van der Waals surface area contributed by atoms with Gasteiger partial charge in [0.25, 0.3) is 5.91 Å². The fourth-order valence-electron chi connectivity index (χ4n) is 2.87. The summed E-state index contributed by atoms with van der Waals surface area (Å²) in [4.78, 5) is 14.1. The summed E-state index contributed by atoms with van der Waals surface area (Å²) in [5, 5.41) is 4.75. The van der Waals surface area contributed by atoms with Crippen molar-refractivity contribution in [3.05, 3.63) is 56.1 Å². The molecule has 1 heterocycles. The standard InChI is InChI=1S/C21H23ClIN3O4/c1-28-19-11-16(12-24-25-20(27)13-26-6-8-29-9-7-26)10-18(23)21(19)30-14-15-2-4-17(22)5-3-15/h2-5,10-12H,6-9,13-14H2,1H3,(H,25,27)/b24-12-. The van der Waals surface area contributed by atoms with Gasteiger partial charge in [-0.15, -0.1) is 0 Å². The van der Waals surface area contributed by atoms with Gasteiger partial charge in [-0.25, -0.2) is 5.43 Å². The van der Waals surface area contributed by atoms with Gasteiger partial charge in [-0.05, 0) is 58.0 Å². The van der Waals surface area contributed by atoms with E-state index in [1.807, 2.05) is 41.3 Å². The van der Waals surface area contributed by atoms with Crippen molar-refractivity contribution in [3.8, 4) is 11.5 Å². The first-order valence-electron chi connectivity index (χ1n) is 9.42. The Balaban J connectivity index is 1.59. The number of nitrogens with one attached hydrogen (secondary N) is 1. The first kappa shape index (κ1) is 22.8. The molecule has 0 aromatic heterocycles. The molecule has 160 valence electrons. The monoisotopic (exact) mass is 543 g/mol. The summed E-state index contributed by atoms with van der Waals surface area (Å²) < 4.78 is 17.6. The molecule has 2 aromatic carbocycles. The topological polar surface area (TPSA) is 72.4 Å². The van der Waals surface area contributed by atoms with Crippen LogP contribution < -0.4 is 14.9 Å². The summed E-state index contributed by atoms with van der Waals surface area (Å²) in [6.45, 7) is 3.52. The lowest BCUT2D eigenvalue weighted by Crippen LogP contribution is -2.42. The van der Waals surface area contributed by atoms with E-state index in [9.17, 15) is 4.79 Å². The molecular formula is C21H23ClIN3O4. The predicted molar refractivity (Wildman–Crippen MR) is 124 cm³/mol. The Labute approximate surface area is 194 Å². The molecule has 9 heteroatoms. The van der Waals surface area contributed by atoms with Gasteiger partial charge in [0.15, 0.2) is 11.5 Å². The van der Waals surface area contributed by atoms with Crippen molar-refractivity contribution in [2.75, 3.05) is 40.0 Å². The van der Waals surface area contributed by atoms with Gasteiger partial charge in [0.2, 0.25) is 0 Å². The third-order valence-corrected chi connectivity index (χ3v) is 5.48. The first-order chi connectivity index (χ1) is 14.5. The molecule has 0 aliphatic carbocycles. The Hall–Kier alpha value is -1.88.